The van der Waals surface area contributed by atoms with Gasteiger partial charge in [0.25, 0.3) is 0 Å². The van der Waals surface area contributed by atoms with Crippen LogP contribution in [0, 0.1) is 0 Å². The van der Waals surface area contributed by atoms with Gasteiger partial charge in [0, 0.05) is 12.1 Å². The normalized spacial score (nSPS) is 18.4. The highest BCUT2D eigenvalue weighted by atomic mass is 16.5. The largest absolute Gasteiger partial charge is 0.465 e. The maximum absolute atomic E-state index is 10.9. The Morgan fingerprint density at radius 2 is 2.17 bits per heavy atom. The molecule has 1 amide bonds. The molecule has 3 rings (SSSR count). The fourth-order valence-corrected chi connectivity index (χ4v) is 1.95. The maximum atomic E-state index is 10.9. The minimum absolute atomic E-state index is 0.299. The third kappa shape index (κ3) is 1.71. The van der Waals surface area contributed by atoms with E-state index in [0.717, 1.165) is 12.0 Å². The van der Waals surface area contributed by atoms with Crippen molar-refractivity contribution < 1.29 is 14.4 Å². The maximum Gasteiger partial charge on any atom is 0.407 e. The molecule has 6 heteroatoms. The number of carbonyl (C=O) groups is 1. The highest BCUT2D eigenvalue weighted by molar-refractivity contribution is 5.66. The highest BCUT2D eigenvalue weighted by Crippen LogP contribution is 2.32. The van der Waals surface area contributed by atoms with Crippen LogP contribution in [-0.4, -0.2) is 32.8 Å². The van der Waals surface area contributed by atoms with Crippen molar-refractivity contribution in [2.75, 3.05) is 6.54 Å². The lowest BCUT2D eigenvalue weighted by molar-refractivity contribution is 0.0591. The number of amides is 1. The van der Waals surface area contributed by atoms with Crippen molar-refractivity contribution >= 4 is 6.09 Å². The number of aromatic nitrogens is 2. The SMILES string of the molecule is O=C(O)N1CC[C@H]1c1nc(-c2ccccc2)no1. The summed E-state index contributed by atoms with van der Waals surface area (Å²) in [7, 11) is 0. The van der Waals surface area contributed by atoms with Crippen LogP contribution in [0.3, 0.4) is 0 Å². The van der Waals surface area contributed by atoms with Gasteiger partial charge in [0.2, 0.25) is 11.7 Å². The molecule has 92 valence electrons. The fourth-order valence-electron chi connectivity index (χ4n) is 1.95. The first-order valence-corrected chi connectivity index (χ1v) is 5.64. The van der Waals surface area contributed by atoms with E-state index in [0.29, 0.717) is 18.3 Å². The Labute approximate surface area is 103 Å². The Hall–Kier alpha value is -2.37. The Morgan fingerprint density at radius 3 is 2.78 bits per heavy atom. The number of hydrogen-bond donors (Lipinski definition) is 1. The van der Waals surface area contributed by atoms with Crippen molar-refractivity contribution in [1.29, 1.82) is 0 Å². The molecule has 2 aromatic rings. The first kappa shape index (κ1) is 10.8. The molecule has 1 atom stereocenters. The zero-order chi connectivity index (χ0) is 12.5. The van der Waals surface area contributed by atoms with E-state index in [1.54, 1.807) is 0 Å². The van der Waals surface area contributed by atoms with Crippen LogP contribution in [0.5, 0.6) is 0 Å². The number of nitrogens with zero attached hydrogens (tertiary/aromatic N) is 3. The monoisotopic (exact) mass is 245 g/mol. The van der Waals surface area contributed by atoms with Crippen molar-refractivity contribution in [3.63, 3.8) is 0 Å². The van der Waals surface area contributed by atoms with Gasteiger partial charge in [-0.25, -0.2) is 4.79 Å². The Morgan fingerprint density at radius 1 is 1.39 bits per heavy atom. The summed E-state index contributed by atoms with van der Waals surface area (Å²) in [5, 5.41) is 12.8. The number of carboxylic acid groups (broad SMARTS) is 1. The molecule has 1 aromatic carbocycles. The molecular formula is C12H11N3O3. The molecule has 1 saturated heterocycles. The quantitative estimate of drug-likeness (QED) is 0.876. The molecule has 0 aliphatic carbocycles. The van der Waals surface area contributed by atoms with E-state index < -0.39 is 6.09 Å². The van der Waals surface area contributed by atoms with E-state index in [2.05, 4.69) is 10.1 Å². The Balaban J connectivity index is 1.84. The summed E-state index contributed by atoms with van der Waals surface area (Å²) in [5.41, 5.74) is 0.855. The van der Waals surface area contributed by atoms with Crippen LogP contribution < -0.4 is 0 Å². The van der Waals surface area contributed by atoms with Gasteiger partial charge < -0.3 is 9.63 Å². The molecule has 2 heterocycles. The Bertz CT molecular complexity index is 567. The second kappa shape index (κ2) is 4.14. The molecule has 1 aliphatic heterocycles. The van der Waals surface area contributed by atoms with E-state index in [1.807, 2.05) is 30.3 Å². The van der Waals surface area contributed by atoms with Crippen LogP contribution in [0.15, 0.2) is 34.9 Å². The van der Waals surface area contributed by atoms with E-state index in [-0.39, 0.29) is 6.04 Å². The van der Waals surface area contributed by atoms with Gasteiger partial charge in [-0.1, -0.05) is 35.5 Å². The predicted molar refractivity (Wildman–Crippen MR) is 61.8 cm³/mol. The van der Waals surface area contributed by atoms with E-state index in [9.17, 15) is 4.79 Å². The summed E-state index contributed by atoms with van der Waals surface area (Å²) >= 11 is 0. The van der Waals surface area contributed by atoms with Gasteiger partial charge in [-0.05, 0) is 6.42 Å². The highest BCUT2D eigenvalue weighted by Gasteiger charge is 2.37. The topological polar surface area (TPSA) is 79.5 Å². The number of rotatable bonds is 2. The van der Waals surface area contributed by atoms with Gasteiger partial charge in [-0.15, -0.1) is 0 Å². The molecular weight excluding hydrogens is 234 g/mol. The molecule has 1 N–H and O–H groups in total. The second-order valence-corrected chi connectivity index (χ2v) is 4.10. The van der Waals surface area contributed by atoms with Crippen molar-refractivity contribution in [2.24, 2.45) is 0 Å². The number of hydrogen-bond acceptors (Lipinski definition) is 4. The van der Waals surface area contributed by atoms with Crippen molar-refractivity contribution in [1.82, 2.24) is 15.0 Å². The van der Waals surface area contributed by atoms with Crippen LogP contribution >= 0.6 is 0 Å². The lowest BCUT2D eigenvalue weighted by Gasteiger charge is -2.35. The van der Waals surface area contributed by atoms with Crippen molar-refractivity contribution in [2.45, 2.75) is 12.5 Å². The van der Waals surface area contributed by atoms with E-state index >= 15 is 0 Å². The van der Waals surface area contributed by atoms with Crippen LogP contribution in [-0.2, 0) is 0 Å². The molecule has 1 aliphatic rings. The molecule has 0 radical (unpaired) electrons. The lowest BCUT2D eigenvalue weighted by atomic mass is 10.0. The molecule has 1 fully saturated rings. The fraction of sp³-hybridized carbons (Fsp3) is 0.250. The van der Waals surface area contributed by atoms with Gasteiger partial charge in [0.1, 0.15) is 6.04 Å². The molecule has 18 heavy (non-hydrogen) atoms. The predicted octanol–water partition coefficient (Wildman–Crippen LogP) is 2.16. The van der Waals surface area contributed by atoms with Crippen molar-refractivity contribution in [3.8, 4) is 11.4 Å². The van der Waals surface area contributed by atoms with Crippen molar-refractivity contribution in [3.05, 3.63) is 36.2 Å². The molecule has 0 unspecified atom stereocenters. The average Bonchev–Trinajstić information content (AvgIpc) is 2.77. The smallest absolute Gasteiger partial charge is 0.407 e. The first-order valence-electron chi connectivity index (χ1n) is 5.64. The Kier molecular flexibility index (Phi) is 2.47. The molecule has 6 nitrogen and oxygen atoms in total. The molecule has 0 spiro atoms. The molecule has 0 saturated carbocycles. The van der Waals surface area contributed by atoms with Crippen LogP contribution in [0.1, 0.15) is 18.4 Å². The summed E-state index contributed by atoms with van der Waals surface area (Å²) in [6.07, 6.45) is -0.228. The number of likely N-dealkylation sites (tertiary alicyclic amines) is 1. The zero-order valence-electron chi connectivity index (χ0n) is 9.48. The summed E-state index contributed by atoms with van der Waals surface area (Å²) in [5.74, 6) is 0.852. The summed E-state index contributed by atoms with van der Waals surface area (Å²) in [6.45, 7) is 0.517. The lowest BCUT2D eigenvalue weighted by Crippen LogP contribution is -2.44. The van der Waals surface area contributed by atoms with Crippen LogP contribution in [0.2, 0.25) is 0 Å². The zero-order valence-corrected chi connectivity index (χ0v) is 9.48. The van der Waals surface area contributed by atoms with E-state index in [1.165, 1.54) is 4.90 Å². The average molecular weight is 245 g/mol. The second-order valence-electron chi connectivity index (χ2n) is 4.10. The third-order valence-electron chi connectivity index (χ3n) is 3.02. The van der Waals surface area contributed by atoms with Gasteiger partial charge in [0.15, 0.2) is 0 Å². The minimum Gasteiger partial charge on any atom is -0.465 e. The van der Waals surface area contributed by atoms with Gasteiger partial charge in [0.05, 0.1) is 0 Å². The van der Waals surface area contributed by atoms with Crippen LogP contribution in [0.4, 0.5) is 4.79 Å². The summed E-state index contributed by atoms with van der Waals surface area (Å²) in [4.78, 5) is 16.4. The summed E-state index contributed by atoms with van der Waals surface area (Å²) in [6, 6.07) is 9.14. The van der Waals surface area contributed by atoms with Gasteiger partial charge in [-0.2, -0.15) is 4.98 Å². The molecule has 1 aromatic heterocycles. The van der Waals surface area contributed by atoms with Crippen LogP contribution in [0.25, 0.3) is 11.4 Å². The third-order valence-corrected chi connectivity index (χ3v) is 3.02. The molecule has 0 bridgehead atoms. The standard InChI is InChI=1S/C12H11N3O3/c16-12(17)15-7-6-9(15)11-13-10(14-18-11)8-4-2-1-3-5-8/h1-5,9H,6-7H2,(H,16,17)/t9-/m0/s1. The minimum atomic E-state index is -0.953. The number of benzene rings is 1. The van der Waals surface area contributed by atoms with Gasteiger partial charge >= 0.3 is 6.09 Å². The summed E-state index contributed by atoms with van der Waals surface area (Å²) < 4.78 is 5.14. The van der Waals surface area contributed by atoms with Gasteiger partial charge in [-0.3, -0.25) is 4.90 Å². The first-order chi connectivity index (χ1) is 8.75. The van der Waals surface area contributed by atoms with E-state index in [4.69, 9.17) is 9.63 Å².